The molecule has 3 unspecified atom stereocenters. The summed E-state index contributed by atoms with van der Waals surface area (Å²) in [6, 6.07) is 0.600. The highest BCUT2D eigenvalue weighted by Gasteiger charge is 2.33. The molecule has 2 aromatic rings. The quantitative estimate of drug-likeness (QED) is 0.0185. The Morgan fingerprint density at radius 3 is 1.75 bits per heavy atom. The lowest BCUT2D eigenvalue weighted by molar-refractivity contribution is -0.142. The van der Waals surface area contributed by atoms with Crippen LogP contribution in [0.4, 0.5) is 0 Å². The second-order valence-corrected chi connectivity index (χ2v) is 15.8. The van der Waals surface area contributed by atoms with Crippen molar-refractivity contribution in [3.63, 3.8) is 0 Å². The molecule has 0 saturated heterocycles. The van der Waals surface area contributed by atoms with Gasteiger partial charge in [0.15, 0.2) is 0 Å². The maximum atomic E-state index is 14.3. The maximum Gasteiger partial charge on any atom is 0.243 e. The van der Waals surface area contributed by atoms with Gasteiger partial charge in [-0.2, -0.15) is 12.6 Å². The number of pyridine rings is 1. The third-order valence-corrected chi connectivity index (χ3v) is 10.7. The van der Waals surface area contributed by atoms with Gasteiger partial charge in [-0.1, -0.05) is 18.9 Å². The lowest BCUT2D eigenvalue weighted by Crippen LogP contribution is -2.56. The lowest BCUT2D eigenvalue weighted by atomic mass is 10.0. The van der Waals surface area contributed by atoms with Crippen LogP contribution in [0, 0.1) is 5.41 Å². The van der Waals surface area contributed by atoms with Crippen LogP contribution < -0.4 is 39.3 Å². The Labute approximate surface area is 376 Å². The van der Waals surface area contributed by atoms with Crippen LogP contribution in [0.25, 0.3) is 0 Å². The fourth-order valence-corrected chi connectivity index (χ4v) is 7.39. The molecule has 2 aromatic heterocycles. The monoisotopic (exact) mass is 901 g/mol. The van der Waals surface area contributed by atoms with Crippen molar-refractivity contribution in [2.45, 2.75) is 114 Å². The molecule has 3 atom stereocenters. The summed E-state index contributed by atoms with van der Waals surface area (Å²) in [6.45, 7) is 0.919. The number of nitrogens with zero attached hydrogens (tertiary/aromatic N) is 5. The molecule has 14 N–H and O–H groups in total. The normalized spacial score (nSPS) is 12.4. The molecule has 352 valence electrons. The maximum absolute atomic E-state index is 14.3. The molecule has 0 aromatic carbocycles. The fourth-order valence-electron chi connectivity index (χ4n) is 7.20. The molecule has 2 rings (SSSR count). The summed E-state index contributed by atoms with van der Waals surface area (Å²) in [4.78, 5) is 97.6. The van der Waals surface area contributed by atoms with E-state index in [0.717, 1.165) is 12.0 Å². The minimum atomic E-state index is -1.08. The van der Waals surface area contributed by atoms with Gasteiger partial charge in [0.25, 0.3) is 0 Å². The van der Waals surface area contributed by atoms with E-state index in [1.54, 1.807) is 24.7 Å². The molecule has 0 saturated carbocycles. The van der Waals surface area contributed by atoms with Crippen LogP contribution in [0.2, 0.25) is 0 Å². The van der Waals surface area contributed by atoms with Gasteiger partial charge in [0.2, 0.25) is 35.4 Å². The van der Waals surface area contributed by atoms with Crippen molar-refractivity contribution in [1.29, 1.82) is 5.41 Å². The fraction of sp³-hybridized carbons (Fsp3) is 0.643. The number of nitrogens with one attached hydrogen (secondary N) is 4. The van der Waals surface area contributed by atoms with Gasteiger partial charge in [-0.3, -0.25) is 39.2 Å². The third-order valence-electron chi connectivity index (χ3n) is 10.5. The number of nitrogens with two attached hydrogens (primary N) is 5. The zero-order valence-corrected chi connectivity index (χ0v) is 37.6. The van der Waals surface area contributed by atoms with E-state index in [-0.39, 0.29) is 101 Å². The Hall–Kier alpha value is -5.12. The number of primary amides is 1. The summed E-state index contributed by atoms with van der Waals surface area (Å²) in [5.41, 5.74) is 29.9. The summed E-state index contributed by atoms with van der Waals surface area (Å²) in [5, 5.41) is 13.3. The number of H-pyrrole nitrogens is 1. The number of amidine groups is 1. The Kier molecular flexibility index (Phi) is 27.2. The first-order valence-corrected chi connectivity index (χ1v) is 22.6. The highest BCUT2D eigenvalue weighted by molar-refractivity contribution is 7.80. The summed E-state index contributed by atoms with van der Waals surface area (Å²) in [6.07, 6.45) is 12.5. The molecule has 20 nitrogen and oxygen atoms in total. The molecule has 2 heterocycles. The topological polar surface area (TPSA) is 332 Å². The van der Waals surface area contributed by atoms with E-state index in [1.165, 1.54) is 21.0 Å². The van der Waals surface area contributed by atoms with Gasteiger partial charge in [0, 0.05) is 102 Å². The molecule has 0 bridgehead atoms. The van der Waals surface area contributed by atoms with Gasteiger partial charge in [0.05, 0.1) is 12.2 Å². The third kappa shape index (κ3) is 20.7. The largest absolute Gasteiger partial charge is 0.388 e. The number of imidazole rings is 1. The van der Waals surface area contributed by atoms with Crippen molar-refractivity contribution >= 4 is 53.9 Å². The van der Waals surface area contributed by atoms with Crippen LogP contribution in [0.1, 0.15) is 94.7 Å². The van der Waals surface area contributed by atoms with Gasteiger partial charge < -0.3 is 59.0 Å². The zero-order valence-electron chi connectivity index (χ0n) is 36.7. The average Bonchev–Trinajstić information content (AvgIpc) is 3.78. The number of rotatable bonds is 35. The van der Waals surface area contributed by atoms with Gasteiger partial charge in [-0.25, -0.2) is 4.98 Å². The van der Waals surface area contributed by atoms with Crippen LogP contribution in [-0.4, -0.2) is 147 Å². The standard InChI is InChI=1S/C42H72N14O6S/c43-16-7-2-5-14-38(58)56(24-21-51-41(61)34(26-31-10-9-19-49-28-31)54(22-18-45)39(59)15-25-63)35(27-32-29-50-30-53-32)42(62)52-20-23-55(33(40(48)60)11-6-8-17-44)37(57)13-4-1-3-12-36(46)47/h9-10,19,28-30,33-35,63H,1-8,11-18,20-27,43-45H2,(H3,46,47)(H2,48,60)(H,50,53)(H,51,61)(H,52,62). The number of hydrogen-bond acceptors (Lipinski definition) is 13. The van der Waals surface area contributed by atoms with E-state index in [4.69, 9.17) is 34.1 Å². The average molecular weight is 901 g/mol. The van der Waals surface area contributed by atoms with Gasteiger partial charge in [-0.15, -0.1) is 0 Å². The lowest BCUT2D eigenvalue weighted by Gasteiger charge is -2.33. The molecule has 0 spiro atoms. The molecule has 0 fully saturated rings. The number of amides is 6. The number of aromatic nitrogens is 3. The Morgan fingerprint density at radius 2 is 1.22 bits per heavy atom. The highest BCUT2D eigenvalue weighted by Crippen LogP contribution is 2.16. The van der Waals surface area contributed by atoms with Crippen LogP contribution in [0.3, 0.4) is 0 Å². The molecule has 63 heavy (non-hydrogen) atoms. The Balaban J connectivity index is 2.39. The molecule has 6 amide bonds. The second kappa shape index (κ2) is 31.7. The van der Waals surface area contributed by atoms with Crippen LogP contribution in [0.5, 0.6) is 0 Å². The minimum Gasteiger partial charge on any atom is -0.388 e. The summed E-state index contributed by atoms with van der Waals surface area (Å²) >= 11 is 4.22. The molecule has 0 aliphatic rings. The van der Waals surface area contributed by atoms with Crippen molar-refractivity contribution in [3.05, 3.63) is 48.3 Å². The van der Waals surface area contributed by atoms with E-state index < -0.39 is 35.8 Å². The number of carbonyl (C=O) groups excluding carboxylic acids is 6. The van der Waals surface area contributed by atoms with Gasteiger partial charge in [-0.05, 0) is 75.4 Å². The second-order valence-electron chi connectivity index (χ2n) is 15.4. The zero-order chi connectivity index (χ0) is 46.4. The predicted molar refractivity (Wildman–Crippen MR) is 245 cm³/mol. The van der Waals surface area contributed by atoms with E-state index >= 15 is 0 Å². The molecular formula is C42H72N14O6S. The molecule has 0 aliphatic carbocycles. The van der Waals surface area contributed by atoms with Crippen molar-refractivity contribution in [2.24, 2.45) is 28.7 Å². The van der Waals surface area contributed by atoms with E-state index in [2.05, 4.69) is 38.2 Å². The first-order chi connectivity index (χ1) is 30.4. The van der Waals surface area contributed by atoms with Crippen molar-refractivity contribution in [2.75, 3.05) is 58.1 Å². The predicted octanol–water partition coefficient (Wildman–Crippen LogP) is -0.288. The van der Waals surface area contributed by atoms with Crippen molar-refractivity contribution in [3.8, 4) is 0 Å². The summed E-state index contributed by atoms with van der Waals surface area (Å²) in [7, 11) is 0. The number of carbonyl (C=O) groups is 6. The van der Waals surface area contributed by atoms with Gasteiger partial charge in [0.1, 0.15) is 18.1 Å². The first kappa shape index (κ1) is 54.0. The highest BCUT2D eigenvalue weighted by atomic mass is 32.1. The number of thiol groups is 1. The first-order valence-electron chi connectivity index (χ1n) is 22.0. The van der Waals surface area contributed by atoms with Crippen LogP contribution >= 0.6 is 12.6 Å². The van der Waals surface area contributed by atoms with Gasteiger partial charge >= 0.3 is 0 Å². The number of hydrogen-bond donors (Lipinski definition) is 10. The Morgan fingerprint density at radius 1 is 0.667 bits per heavy atom. The number of aromatic amines is 1. The van der Waals surface area contributed by atoms with Crippen molar-refractivity contribution in [1.82, 2.24) is 40.3 Å². The van der Waals surface area contributed by atoms with Crippen LogP contribution in [-0.2, 0) is 41.6 Å². The smallest absolute Gasteiger partial charge is 0.243 e. The molecule has 0 aliphatic heterocycles. The SMILES string of the molecule is N=C(N)CCCCCC(=O)N(CCNC(=O)C(Cc1cnc[nH]1)N(CCNC(=O)C(Cc1cccnc1)N(CCN)C(=O)CCS)C(=O)CCCCCN)C(CCCCN)C(N)=O. The summed E-state index contributed by atoms with van der Waals surface area (Å²) < 4.78 is 0. The summed E-state index contributed by atoms with van der Waals surface area (Å²) in [5.74, 6) is -2.23. The number of unbranched alkanes of at least 4 members (excludes halogenated alkanes) is 5. The van der Waals surface area contributed by atoms with E-state index in [1.807, 2.05) is 6.07 Å². The van der Waals surface area contributed by atoms with E-state index in [0.29, 0.717) is 76.6 Å². The van der Waals surface area contributed by atoms with Crippen LogP contribution in [0.15, 0.2) is 37.1 Å². The Bertz CT molecular complexity index is 1670. The molecule has 21 heteroatoms. The minimum absolute atomic E-state index is 0.0301. The van der Waals surface area contributed by atoms with Crippen molar-refractivity contribution < 1.29 is 28.8 Å². The van der Waals surface area contributed by atoms with E-state index in [9.17, 15) is 28.8 Å². The molecule has 0 radical (unpaired) electrons. The molecular weight excluding hydrogens is 829 g/mol.